The van der Waals surface area contributed by atoms with Crippen LogP contribution in [0.3, 0.4) is 0 Å². The van der Waals surface area contributed by atoms with Gasteiger partial charge in [0, 0.05) is 11.4 Å². The van der Waals surface area contributed by atoms with Gasteiger partial charge in [-0.1, -0.05) is 18.6 Å². The predicted molar refractivity (Wildman–Crippen MR) is 114 cm³/mol. The molecule has 0 aromatic heterocycles. The van der Waals surface area contributed by atoms with Crippen molar-refractivity contribution in [1.82, 2.24) is 0 Å². The summed E-state index contributed by atoms with van der Waals surface area (Å²) >= 11 is 0. The Balaban J connectivity index is 1.57. The van der Waals surface area contributed by atoms with Crippen molar-refractivity contribution in [1.29, 1.82) is 0 Å². The van der Waals surface area contributed by atoms with Gasteiger partial charge >= 0.3 is 0 Å². The summed E-state index contributed by atoms with van der Waals surface area (Å²) in [5.41, 5.74) is 13.3. The lowest BCUT2D eigenvalue weighted by Gasteiger charge is -2.45. The number of phenols is 1. The van der Waals surface area contributed by atoms with Gasteiger partial charge in [-0.05, 0) is 62.1 Å². The molecule has 1 saturated carbocycles. The second-order valence-corrected chi connectivity index (χ2v) is 7.34. The summed E-state index contributed by atoms with van der Waals surface area (Å²) in [6.45, 7) is 0. The van der Waals surface area contributed by atoms with Crippen LogP contribution in [-0.4, -0.2) is 28.6 Å². The van der Waals surface area contributed by atoms with E-state index in [1.165, 1.54) is 12.5 Å². The molecular weight excluding hydrogens is 368 g/mol. The van der Waals surface area contributed by atoms with Gasteiger partial charge in [-0.25, -0.2) is 4.99 Å². The number of guanidine groups is 2. The Morgan fingerprint density at radius 2 is 1.72 bits per heavy atom. The zero-order chi connectivity index (χ0) is 20.4. The standard InChI is InChI=1S/C21H24N6O2/c22-19-25-20(23)27(21(26-19)12-4-1-5-13-21)15-10-8-14(9-11-15)24-18(29)16-6-2-3-7-17(16)28/h2-3,6-11,28H,1,4-5,12-13H2,(H,24,29)(H4,22,23,25,26). The van der Waals surface area contributed by atoms with Crippen LogP contribution in [0.25, 0.3) is 0 Å². The molecule has 150 valence electrons. The first-order valence-electron chi connectivity index (χ1n) is 9.68. The maximum Gasteiger partial charge on any atom is 0.259 e. The number of anilines is 2. The fourth-order valence-corrected chi connectivity index (χ4v) is 4.05. The smallest absolute Gasteiger partial charge is 0.259 e. The lowest BCUT2D eigenvalue weighted by molar-refractivity contribution is 0.102. The third-order valence-electron chi connectivity index (χ3n) is 5.38. The lowest BCUT2D eigenvalue weighted by atomic mass is 9.87. The van der Waals surface area contributed by atoms with E-state index in [0.29, 0.717) is 11.6 Å². The van der Waals surface area contributed by atoms with E-state index < -0.39 is 5.66 Å². The van der Waals surface area contributed by atoms with Gasteiger partial charge in [0.25, 0.3) is 5.91 Å². The van der Waals surface area contributed by atoms with E-state index in [1.807, 2.05) is 17.0 Å². The lowest BCUT2D eigenvalue weighted by Crippen LogP contribution is -2.58. The minimum Gasteiger partial charge on any atom is -0.507 e. The zero-order valence-electron chi connectivity index (χ0n) is 16.0. The molecule has 1 fully saturated rings. The fourth-order valence-electron chi connectivity index (χ4n) is 4.05. The van der Waals surface area contributed by atoms with Gasteiger partial charge < -0.3 is 21.9 Å². The molecule has 0 saturated heterocycles. The normalized spacial score (nSPS) is 18.1. The van der Waals surface area contributed by atoms with Crippen molar-refractivity contribution in [3.63, 3.8) is 0 Å². The Kier molecular flexibility index (Phi) is 4.84. The van der Waals surface area contributed by atoms with Crippen molar-refractivity contribution < 1.29 is 9.90 Å². The van der Waals surface area contributed by atoms with E-state index in [0.717, 1.165) is 31.4 Å². The Morgan fingerprint density at radius 1 is 1.03 bits per heavy atom. The summed E-state index contributed by atoms with van der Waals surface area (Å²) < 4.78 is 0. The van der Waals surface area contributed by atoms with Crippen LogP contribution in [0, 0.1) is 0 Å². The molecule has 6 N–H and O–H groups in total. The van der Waals surface area contributed by atoms with Gasteiger partial charge in [-0.2, -0.15) is 4.99 Å². The maximum atomic E-state index is 12.4. The number of amides is 1. The molecule has 2 aliphatic rings. The third-order valence-corrected chi connectivity index (χ3v) is 5.38. The second-order valence-electron chi connectivity index (χ2n) is 7.34. The molecule has 0 unspecified atom stereocenters. The van der Waals surface area contributed by atoms with Crippen LogP contribution < -0.4 is 21.7 Å². The van der Waals surface area contributed by atoms with Crippen LogP contribution >= 0.6 is 0 Å². The molecule has 0 bridgehead atoms. The Morgan fingerprint density at radius 3 is 2.41 bits per heavy atom. The first-order valence-corrected chi connectivity index (χ1v) is 9.68. The summed E-state index contributed by atoms with van der Waals surface area (Å²) in [6.07, 6.45) is 4.98. The first kappa shape index (κ1) is 18.8. The number of phenolic OH excluding ortho intramolecular Hbond substituents is 1. The highest BCUT2D eigenvalue weighted by Gasteiger charge is 2.42. The number of carbonyl (C=O) groups is 1. The number of aromatic hydroxyl groups is 1. The van der Waals surface area contributed by atoms with Crippen molar-refractivity contribution in [2.24, 2.45) is 21.5 Å². The molecule has 29 heavy (non-hydrogen) atoms. The predicted octanol–water partition coefficient (Wildman–Crippen LogP) is 2.75. The summed E-state index contributed by atoms with van der Waals surface area (Å²) in [4.78, 5) is 23.2. The monoisotopic (exact) mass is 392 g/mol. The molecule has 8 nitrogen and oxygen atoms in total. The van der Waals surface area contributed by atoms with E-state index in [4.69, 9.17) is 11.5 Å². The number of aliphatic imine (C=N–C) groups is 2. The van der Waals surface area contributed by atoms with E-state index in [-0.39, 0.29) is 23.2 Å². The number of para-hydroxylation sites is 1. The van der Waals surface area contributed by atoms with Crippen LogP contribution in [0.4, 0.5) is 11.4 Å². The molecule has 8 heteroatoms. The number of benzene rings is 2. The maximum absolute atomic E-state index is 12.4. The Bertz CT molecular complexity index is 977. The van der Waals surface area contributed by atoms with Crippen LogP contribution in [0.5, 0.6) is 5.75 Å². The molecule has 1 aliphatic heterocycles. The van der Waals surface area contributed by atoms with Gasteiger partial charge in [-0.15, -0.1) is 0 Å². The van der Waals surface area contributed by atoms with E-state index in [2.05, 4.69) is 15.3 Å². The second kappa shape index (κ2) is 7.46. The Labute approximate surface area is 168 Å². The highest BCUT2D eigenvalue weighted by molar-refractivity contribution is 6.07. The van der Waals surface area contributed by atoms with Crippen LogP contribution in [-0.2, 0) is 0 Å². The van der Waals surface area contributed by atoms with Crippen LogP contribution in [0.15, 0.2) is 58.5 Å². The van der Waals surface area contributed by atoms with Gasteiger partial charge in [-0.3, -0.25) is 9.69 Å². The van der Waals surface area contributed by atoms with Crippen molar-refractivity contribution in [3.8, 4) is 5.75 Å². The van der Waals surface area contributed by atoms with Crippen LogP contribution in [0.2, 0.25) is 0 Å². The molecule has 1 amide bonds. The average Bonchev–Trinajstić information content (AvgIpc) is 2.69. The number of rotatable bonds is 3. The number of nitrogens with one attached hydrogen (secondary N) is 1. The number of nitrogens with two attached hydrogens (primary N) is 2. The summed E-state index contributed by atoms with van der Waals surface area (Å²) in [5.74, 6) is 0.0993. The molecule has 1 aliphatic carbocycles. The van der Waals surface area contributed by atoms with Crippen molar-refractivity contribution in [3.05, 3.63) is 54.1 Å². The molecule has 4 rings (SSSR count). The molecule has 1 spiro atoms. The fraction of sp³-hybridized carbons (Fsp3) is 0.286. The number of nitrogens with zero attached hydrogens (tertiary/aromatic N) is 3. The number of hydrogen-bond donors (Lipinski definition) is 4. The first-order chi connectivity index (χ1) is 14.0. The van der Waals surface area contributed by atoms with E-state index >= 15 is 0 Å². The highest BCUT2D eigenvalue weighted by Crippen LogP contribution is 2.39. The summed E-state index contributed by atoms with van der Waals surface area (Å²) in [7, 11) is 0. The van der Waals surface area contributed by atoms with Gasteiger partial charge in [0.2, 0.25) is 11.9 Å². The molecule has 0 atom stereocenters. The van der Waals surface area contributed by atoms with Crippen LogP contribution in [0.1, 0.15) is 42.5 Å². The largest absolute Gasteiger partial charge is 0.507 e. The molecule has 2 aromatic carbocycles. The quantitative estimate of drug-likeness (QED) is 0.638. The van der Waals surface area contributed by atoms with Gasteiger partial charge in [0.05, 0.1) is 5.56 Å². The minimum atomic E-state index is -0.505. The molecular formula is C21H24N6O2. The minimum absolute atomic E-state index is 0.0615. The SMILES string of the molecule is NC1=NC2(CCCCC2)N(c2ccc(NC(=O)c3ccccc3O)cc2)C(N)=N1. The molecule has 1 heterocycles. The van der Waals surface area contributed by atoms with Crippen molar-refractivity contribution in [2.75, 3.05) is 10.2 Å². The Hall–Kier alpha value is -3.55. The third kappa shape index (κ3) is 3.61. The van der Waals surface area contributed by atoms with Crippen molar-refractivity contribution >= 4 is 29.2 Å². The number of hydrogen-bond acceptors (Lipinski definition) is 7. The zero-order valence-corrected chi connectivity index (χ0v) is 16.0. The van der Waals surface area contributed by atoms with E-state index in [9.17, 15) is 9.90 Å². The average molecular weight is 392 g/mol. The van der Waals surface area contributed by atoms with Gasteiger partial charge in [0.15, 0.2) is 0 Å². The summed E-state index contributed by atoms with van der Waals surface area (Å²) in [5, 5.41) is 12.6. The van der Waals surface area contributed by atoms with E-state index in [1.54, 1.807) is 30.3 Å². The van der Waals surface area contributed by atoms with Crippen molar-refractivity contribution in [2.45, 2.75) is 37.8 Å². The summed E-state index contributed by atoms with van der Waals surface area (Å²) in [6, 6.07) is 13.7. The van der Waals surface area contributed by atoms with Gasteiger partial charge in [0.1, 0.15) is 11.4 Å². The highest BCUT2D eigenvalue weighted by atomic mass is 16.3. The molecule has 0 radical (unpaired) electrons. The topological polar surface area (TPSA) is 129 Å². The number of carbonyl (C=O) groups excluding carboxylic acids is 1. The molecule has 2 aromatic rings.